The Balaban J connectivity index is 2.99. The fourth-order valence-electron chi connectivity index (χ4n) is 2.15. The lowest BCUT2D eigenvalue weighted by molar-refractivity contribution is -0.352. The summed E-state index contributed by atoms with van der Waals surface area (Å²) in [6.07, 6.45) is 1.99. The van der Waals surface area contributed by atoms with Gasteiger partial charge in [-0.25, -0.2) is 9.86 Å². The van der Waals surface area contributed by atoms with E-state index in [9.17, 15) is 9.90 Å². The van der Waals surface area contributed by atoms with Crippen LogP contribution in [0.3, 0.4) is 0 Å². The van der Waals surface area contributed by atoms with Crippen molar-refractivity contribution in [2.45, 2.75) is 51.9 Å². The Morgan fingerprint density at radius 2 is 2.11 bits per heavy atom. The molecule has 0 radical (unpaired) electrons. The third kappa shape index (κ3) is 3.16. The highest BCUT2D eigenvalue weighted by atomic mass is 16.7. The molecule has 0 aromatic carbocycles. The maximum Gasteiger partial charge on any atom is 0.356 e. The van der Waals surface area contributed by atoms with E-state index in [-0.39, 0.29) is 12.1 Å². The van der Waals surface area contributed by atoms with Crippen molar-refractivity contribution in [3.63, 3.8) is 0 Å². The third-order valence-electron chi connectivity index (χ3n) is 3.05. The fourth-order valence-corrected chi connectivity index (χ4v) is 2.15. The van der Waals surface area contributed by atoms with Crippen LogP contribution in [0.25, 0.3) is 0 Å². The molecule has 19 heavy (non-hydrogen) atoms. The van der Waals surface area contributed by atoms with Crippen LogP contribution in [0.1, 0.15) is 34.1 Å². The fraction of sp³-hybridized carbons (Fsp3) is 0.643. The average Bonchev–Trinajstić information content (AvgIpc) is 2.27. The SMILES string of the molecule is C=CC[C@@H]1[C@H](C(C)(C)O)ON1C(C(=O)OC)=C(C)C. The summed E-state index contributed by atoms with van der Waals surface area (Å²) in [6, 6.07) is -0.124. The van der Waals surface area contributed by atoms with Gasteiger partial charge in [-0.1, -0.05) is 6.08 Å². The molecule has 0 saturated carbocycles. The lowest BCUT2D eigenvalue weighted by Crippen LogP contribution is -2.65. The lowest BCUT2D eigenvalue weighted by Gasteiger charge is -2.52. The molecule has 5 heteroatoms. The van der Waals surface area contributed by atoms with Gasteiger partial charge in [0.1, 0.15) is 11.8 Å². The minimum Gasteiger partial charge on any atom is -0.464 e. The zero-order chi connectivity index (χ0) is 14.8. The van der Waals surface area contributed by atoms with Crippen LogP contribution in [0, 0.1) is 0 Å². The van der Waals surface area contributed by atoms with E-state index < -0.39 is 11.6 Å². The first-order valence-electron chi connectivity index (χ1n) is 6.29. The van der Waals surface area contributed by atoms with Crippen LogP contribution in [0.15, 0.2) is 23.9 Å². The molecular formula is C14H23NO4. The number of carbonyl (C=O) groups is 1. The molecule has 1 heterocycles. The number of esters is 1. The summed E-state index contributed by atoms with van der Waals surface area (Å²) in [6.45, 7) is 10.7. The number of nitrogens with zero attached hydrogens (tertiary/aromatic N) is 1. The maximum absolute atomic E-state index is 11.8. The van der Waals surface area contributed by atoms with Crippen molar-refractivity contribution in [3.8, 4) is 0 Å². The molecule has 0 aromatic rings. The maximum atomic E-state index is 11.8. The highest BCUT2D eigenvalue weighted by Gasteiger charge is 2.50. The topological polar surface area (TPSA) is 59.0 Å². The smallest absolute Gasteiger partial charge is 0.356 e. The van der Waals surface area contributed by atoms with Gasteiger partial charge in [0.05, 0.1) is 18.8 Å². The van der Waals surface area contributed by atoms with Gasteiger partial charge in [-0.15, -0.1) is 6.58 Å². The first kappa shape index (κ1) is 15.7. The number of carbonyl (C=O) groups excluding carboxylic acids is 1. The molecule has 1 fully saturated rings. The van der Waals surface area contributed by atoms with E-state index >= 15 is 0 Å². The Morgan fingerprint density at radius 1 is 1.53 bits per heavy atom. The van der Waals surface area contributed by atoms with Crippen LogP contribution >= 0.6 is 0 Å². The van der Waals surface area contributed by atoms with Crippen LogP contribution in [0.4, 0.5) is 0 Å². The van der Waals surface area contributed by atoms with E-state index in [4.69, 9.17) is 9.57 Å². The minimum atomic E-state index is -0.979. The molecule has 1 aliphatic heterocycles. The minimum absolute atomic E-state index is 0.124. The van der Waals surface area contributed by atoms with Gasteiger partial charge in [-0.05, 0) is 39.7 Å². The molecule has 0 aliphatic carbocycles. The zero-order valence-electron chi connectivity index (χ0n) is 12.3. The first-order chi connectivity index (χ1) is 8.73. The molecule has 5 nitrogen and oxygen atoms in total. The van der Waals surface area contributed by atoms with E-state index in [2.05, 4.69) is 6.58 Å². The molecule has 0 unspecified atom stereocenters. The average molecular weight is 269 g/mol. The quantitative estimate of drug-likeness (QED) is 0.468. The number of hydroxylamine groups is 2. The predicted molar refractivity (Wildman–Crippen MR) is 72.0 cm³/mol. The zero-order valence-corrected chi connectivity index (χ0v) is 12.3. The van der Waals surface area contributed by atoms with Crippen LogP contribution < -0.4 is 0 Å². The van der Waals surface area contributed by atoms with Crippen molar-refractivity contribution in [2.75, 3.05) is 7.11 Å². The second-order valence-electron chi connectivity index (χ2n) is 5.44. The third-order valence-corrected chi connectivity index (χ3v) is 3.05. The highest BCUT2D eigenvalue weighted by Crippen LogP contribution is 2.36. The summed E-state index contributed by atoms with van der Waals surface area (Å²) in [5.41, 5.74) is 0.206. The molecule has 0 amide bonds. The molecule has 1 rings (SSSR count). The van der Waals surface area contributed by atoms with E-state index in [0.717, 1.165) is 5.57 Å². The Kier molecular flexibility index (Phi) is 4.76. The molecule has 108 valence electrons. The number of allylic oxidation sites excluding steroid dienone is 1. The van der Waals surface area contributed by atoms with Gasteiger partial charge < -0.3 is 9.84 Å². The lowest BCUT2D eigenvalue weighted by atomic mass is 9.89. The summed E-state index contributed by atoms with van der Waals surface area (Å²) in [7, 11) is 1.33. The van der Waals surface area contributed by atoms with Crippen molar-refractivity contribution in [3.05, 3.63) is 23.9 Å². The summed E-state index contributed by atoms with van der Waals surface area (Å²) < 4.78 is 4.77. The van der Waals surface area contributed by atoms with E-state index in [0.29, 0.717) is 12.1 Å². The number of hydrogen-bond donors (Lipinski definition) is 1. The Labute approximate surface area is 114 Å². The van der Waals surface area contributed by atoms with Gasteiger partial charge in [0.15, 0.2) is 0 Å². The molecule has 0 aromatic heterocycles. The second-order valence-corrected chi connectivity index (χ2v) is 5.44. The van der Waals surface area contributed by atoms with Crippen LogP contribution in [0.2, 0.25) is 0 Å². The van der Waals surface area contributed by atoms with E-state index in [1.54, 1.807) is 19.9 Å². The van der Waals surface area contributed by atoms with Gasteiger partial charge in [-0.3, -0.25) is 4.84 Å². The Bertz CT molecular complexity index is 391. The first-order valence-corrected chi connectivity index (χ1v) is 6.29. The van der Waals surface area contributed by atoms with Crippen LogP contribution in [0.5, 0.6) is 0 Å². The Morgan fingerprint density at radius 3 is 2.47 bits per heavy atom. The highest BCUT2D eigenvalue weighted by molar-refractivity contribution is 5.88. The predicted octanol–water partition coefficient (Wildman–Crippen LogP) is 1.78. The summed E-state index contributed by atoms with van der Waals surface area (Å²) in [5, 5.41) is 11.6. The van der Waals surface area contributed by atoms with Gasteiger partial charge in [0, 0.05) is 0 Å². The van der Waals surface area contributed by atoms with Gasteiger partial charge in [-0.2, -0.15) is 0 Å². The van der Waals surface area contributed by atoms with Crippen molar-refractivity contribution in [1.29, 1.82) is 0 Å². The van der Waals surface area contributed by atoms with Gasteiger partial charge in [0.2, 0.25) is 0 Å². The Hall–Kier alpha value is -1.33. The molecule has 1 N–H and O–H groups in total. The molecule has 0 bridgehead atoms. The van der Waals surface area contributed by atoms with Crippen molar-refractivity contribution in [2.24, 2.45) is 0 Å². The van der Waals surface area contributed by atoms with Crippen molar-refractivity contribution in [1.82, 2.24) is 5.06 Å². The second kappa shape index (κ2) is 5.75. The molecule has 1 aliphatic rings. The normalized spacial score (nSPS) is 22.5. The number of ether oxygens (including phenoxy) is 1. The largest absolute Gasteiger partial charge is 0.464 e. The van der Waals surface area contributed by atoms with Crippen LogP contribution in [-0.4, -0.2) is 41.0 Å². The number of rotatable bonds is 5. The van der Waals surface area contributed by atoms with E-state index in [1.165, 1.54) is 12.2 Å². The summed E-state index contributed by atoms with van der Waals surface area (Å²) in [5.74, 6) is -0.441. The van der Waals surface area contributed by atoms with E-state index in [1.807, 2.05) is 13.8 Å². The molecular weight excluding hydrogens is 246 g/mol. The van der Waals surface area contributed by atoms with Gasteiger partial charge >= 0.3 is 5.97 Å². The standard InChI is InChI=1S/C14H23NO4/c1-7-8-10-12(14(4,5)17)19-15(10)11(9(2)3)13(16)18-6/h7,10,12,17H,1,8H2,2-6H3/t10-,12-/m1/s1. The number of aliphatic hydroxyl groups is 1. The molecule has 1 saturated heterocycles. The molecule has 2 atom stereocenters. The monoisotopic (exact) mass is 269 g/mol. The summed E-state index contributed by atoms with van der Waals surface area (Å²) >= 11 is 0. The molecule has 0 spiro atoms. The van der Waals surface area contributed by atoms with Crippen LogP contribution in [-0.2, 0) is 14.4 Å². The number of hydrogen-bond acceptors (Lipinski definition) is 5. The van der Waals surface area contributed by atoms with Crippen molar-refractivity contribution < 1.29 is 19.5 Å². The number of methoxy groups -OCH3 is 1. The van der Waals surface area contributed by atoms with Crippen molar-refractivity contribution >= 4 is 5.97 Å². The van der Waals surface area contributed by atoms with Gasteiger partial charge in [0.25, 0.3) is 0 Å². The summed E-state index contributed by atoms with van der Waals surface area (Å²) in [4.78, 5) is 17.4.